The summed E-state index contributed by atoms with van der Waals surface area (Å²) in [6.45, 7) is 4.01. The summed E-state index contributed by atoms with van der Waals surface area (Å²) in [4.78, 5) is 15.9. The van der Waals surface area contributed by atoms with Crippen LogP contribution in [-0.4, -0.2) is 17.6 Å². The summed E-state index contributed by atoms with van der Waals surface area (Å²) in [5, 5.41) is 1.21. The van der Waals surface area contributed by atoms with Crippen molar-refractivity contribution in [1.29, 1.82) is 0 Å². The number of pyridine rings is 1. The molecule has 2 rings (SSSR count). The molecule has 0 bridgehead atoms. The molecular weight excluding hydrogens is 238 g/mol. The molecule has 2 aromatic rings. The summed E-state index contributed by atoms with van der Waals surface area (Å²) in [5.74, 6) is -0.435. The van der Waals surface area contributed by atoms with E-state index in [9.17, 15) is 4.79 Å². The molecule has 4 heteroatoms. The Labute approximate surface area is 104 Å². The summed E-state index contributed by atoms with van der Waals surface area (Å²) in [6, 6.07) is 5.71. The summed E-state index contributed by atoms with van der Waals surface area (Å²) < 4.78 is 4.93. The fraction of sp³-hybridized carbons (Fsp3) is 0.231. The monoisotopic (exact) mass is 249 g/mol. The molecule has 1 heterocycles. The van der Waals surface area contributed by atoms with Crippen LogP contribution >= 0.6 is 11.6 Å². The Hall–Kier alpha value is -1.61. The summed E-state index contributed by atoms with van der Waals surface area (Å²) >= 11 is 6.24. The minimum absolute atomic E-state index is 0.315. The zero-order chi connectivity index (χ0) is 12.4. The molecule has 0 saturated heterocycles. The van der Waals surface area contributed by atoms with Gasteiger partial charge in [-0.05, 0) is 25.5 Å². The number of fused-ring (bicyclic) bond motifs is 1. The Balaban J connectivity index is 2.65. The number of aromatic nitrogens is 1. The molecule has 0 spiro atoms. The van der Waals surface area contributed by atoms with Gasteiger partial charge in [-0.25, -0.2) is 4.79 Å². The Bertz CT molecular complexity index is 581. The van der Waals surface area contributed by atoms with Crippen molar-refractivity contribution in [2.75, 3.05) is 6.61 Å². The summed E-state index contributed by atoms with van der Waals surface area (Å²) in [7, 11) is 0. The van der Waals surface area contributed by atoms with Crippen LogP contribution in [0.5, 0.6) is 0 Å². The molecule has 0 unspecified atom stereocenters. The van der Waals surface area contributed by atoms with E-state index < -0.39 is 5.97 Å². The predicted molar refractivity (Wildman–Crippen MR) is 67.4 cm³/mol. The van der Waals surface area contributed by atoms with Crippen LogP contribution in [0.25, 0.3) is 10.9 Å². The first kappa shape index (κ1) is 11.9. The van der Waals surface area contributed by atoms with Gasteiger partial charge < -0.3 is 4.74 Å². The molecule has 17 heavy (non-hydrogen) atoms. The minimum Gasteiger partial charge on any atom is -0.462 e. The van der Waals surface area contributed by atoms with Crippen molar-refractivity contribution in [3.05, 3.63) is 40.5 Å². The highest BCUT2D eigenvalue weighted by atomic mass is 35.5. The molecule has 88 valence electrons. The SMILES string of the molecule is CCOC(=O)c1cnc2cccc(C)c2c1Cl. The largest absolute Gasteiger partial charge is 0.462 e. The molecular formula is C13H12ClNO2. The Kier molecular flexibility index (Phi) is 3.29. The summed E-state index contributed by atoms with van der Waals surface area (Å²) in [5.41, 5.74) is 2.09. The number of carbonyl (C=O) groups excluding carboxylic acids is 1. The van der Waals surface area contributed by atoms with Crippen LogP contribution in [0.2, 0.25) is 5.02 Å². The van der Waals surface area contributed by atoms with Gasteiger partial charge >= 0.3 is 5.97 Å². The van der Waals surface area contributed by atoms with E-state index in [1.807, 2.05) is 25.1 Å². The van der Waals surface area contributed by atoms with Gasteiger partial charge in [-0.1, -0.05) is 23.7 Å². The van der Waals surface area contributed by atoms with Crippen LogP contribution in [-0.2, 0) is 4.74 Å². The molecule has 0 fully saturated rings. The zero-order valence-corrected chi connectivity index (χ0v) is 10.4. The fourth-order valence-electron chi connectivity index (χ4n) is 1.72. The number of benzene rings is 1. The predicted octanol–water partition coefficient (Wildman–Crippen LogP) is 3.37. The number of hydrogen-bond acceptors (Lipinski definition) is 3. The van der Waals surface area contributed by atoms with Crippen molar-refractivity contribution in [1.82, 2.24) is 4.98 Å². The number of nitrogens with zero attached hydrogens (tertiary/aromatic N) is 1. The Morgan fingerprint density at radius 2 is 2.24 bits per heavy atom. The minimum atomic E-state index is -0.435. The lowest BCUT2D eigenvalue weighted by Gasteiger charge is -2.08. The molecule has 1 aromatic heterocycles. The van der Waals surface area contributed by atoms with Crippen molar-refractivity contribution in [3.8, 4) is 0 Å². The standard InChI is InChI=1S/C13H12ClNO2/c1-3-17-13(16)9-7-15-10-6-4-5-8(2)11(10)12(9)14/h4-7H,3H2,1-2H3. The lowest BCUT2D eigenvalue weighted by molar-refractivity contribution is 0.0526. The lowest BCUT2D eigenvalue weighted by Crippen LogP contribution is -2.06. The van der Waals surface area contributed by atoms with E-state index in [0.717, 1.165) is 16.5 Å². The highest BCUT2D eigenvalue weighted by Gasteiger charge is 2.15. The van der Waals surface area contributed by atoms with E-state index in [4.69, 9.17) is 16.3 Å². The van der Waals surface area contributed by atoms with Crippen LogP contribution in [0.1, 0.15) is 22.8 Å². The maximum atomic E-state index is 11.7. The van der Waals surface area contributed by atoms with Crippen LogP contribution in [0, 0.1) is 6.92 Å². The van der Waals surface area contributed by atoms with E-state index in [0.29, 0.717) is 17.2 Å². The van der Waals surface area contributed by atoms with Crippen molar-refractivity contribution < 1.29 is 9.53 Å². The van der Waals surface area contributed by atoms with Gasteiger partial charge in [0.1, 0.15) is 0 Å². The first-order valence-corrected chi connectivity index (χ1v) is 5.74. The molecule has 0 amide bonds. The first-order valence-electron chi connectivity index (χ1n) is 5.36. The summed E-state index contributed by atoms with van der Waals surface area (Å²) in [6.07, 6.45) is 1.46. The maximum absolute atomic E-state index is 11.7. The van der Waals surface area contributed by atoms with E-state index in [-0.39, 0.29) is 0 Å². The van der Waals surface area contributed by atoms with Gasteiger partial charge in [0.15, 0.2) is 0 Å². The van der Waals surface area contributed by atoms with Crippen molar-refractivity contribution >= 4 is 28.5 Å². The van der Waals surface area contributed by atoms with Crippen LogP contribution in [0.4, 0.5) is 0 Å². The van der Waals surface area contributed by atoms with E-state index in [1.165, 1.54) is 6.20 Å². The smallest absolute Gasteiger partial charge is 0.341 e. The number of ether oxygens (including phenoxy) is 1. The number of hydrogen-bond donors (Lipinski definition) is 0. The number of halogens is 1. The average molecular weight is 250 g/mol. The third-order valence-electron chi connectivity index (χ3n) is 2.53. The Morgan fingerprint density at radius 3 is 2.94 bits per heavy atom. The molecule has 0 aliphatic heterocycles. The zero-order valence-electron chi connectivity index (χ0n) is 9.66. The normalized spacial score (nSPS) is 10.5. The van der Waals surface area contributed by atoms with Gasteiger partial charge in [-0.2, -0.15) is 0 Å². The van der Waals surface area contributed by atoms with Crippen LogP contribution in [0.3, 0.4) is 0 Å². The fourth-order valence-corrected chi connectivity index (χ4v) is 2.09. The second-order valence-electron chi connectivity index (χ2n) is 3.68. The van der Waals surface area contributed by atoms with E-state index in [1.54, 1.807) is 6.92 Å². The quantitative estimate of drug-likeness (QED) is 0.766. The molecule has 0 radical (unpaired) electrons. The Morgan fingerprint density at radius 1 is 1.47 bits per heavy atom. The van der Waals surface area contributed by atoms with Gasteiger partial charge in [0, 0.05) is 11.6 Å². The van der Waals surface area contributed by atoms with Gasteiger partial charge in [0.2, 0.25) is 0 Å². The number of aryl methyl sites for hydroxylation is 1. The van der Waals surface area contributed by atoms with Gasteiger partial charge in [-0.3, -0.25) is 4.98 Å². The molecule has 0 aliphatic rings. The van der Waals surface area contributed by atoms with Crippen molar-refractivity contribution in [2.45, 2.75) is 13.8 Å². The van der Waals surface area contributed by atoms with E-state index >= 15 is 0 Å². The average Bonchev–Trinajstić information content (AvgIpc) is 2.29. The molecule has 1 aromatic carbocycles. The topological polar surface area (TPSA) is 39.2 Å². The molecule has 0 saturated carbocycles. The molecule has 0 N–H and O–H groups in total. The maximum Gasteiger partial charge on any atom is 0.341 e. The lowest BCUT2D eigenvalue weighted by atomic mass is 10.1. The van der Waals surface area contributed by atoms with Gasteiger partial charge in [0.05, 0.1) is 22.7 Å². The second-order valence-corrected chi connectivity index (χ2v) is 4.05. The number of esters is 1. The van der Waals surface area contributed by atoms with Gasteiger partial charge in [-0.15, -0.1) is 0 Å². The van der Waals surface area contributed by atoms with Crippen LogP contribution < -0.4 is 0 Å². The third kappa shape index (κ3) is 2.11. The van der Waals surface area contributed by atoms with Crippen molar-refractivity contribution in [2.24, 2.45) is 0 Å². The number of carbonyl (C=O) groups is 1. The third-order valence-corrected chi connectivity index (χ3v) is 2.93. The second kappa shape index (κ2) is 4.72. The van der Waals surface area contributed by atoms with E-state index in [2.05, 4.69) is 4.98 Å². The molecule has 0 aliphatic carbocycles. The van der Waals surface area contributed by atoms with Crippen molar-refractivity contribution in [3.63, 3.8) is 0 Å². The highest BCUT2D eigenvalue weighted by molar-refractivity contribution is 6.38. The molecule has 3 nitrogen and oxygen atoms in total. The van der Waals surface area contributed by atoms with Crippen LogP contribution in [0.15, 0.2) is 24.4 Å². The van der Waals surface area contributed by atoms with Gasteiger partial charge in [0.25, 0.3) is 0 Å². The molecule has 0 atom stereocenters. The first-order chi connectivity index (χ1) is 8.15. The number of rotatable bonds is 2. The highest BCUT2D eigenvalue weighted by Crippen LogP contribution is 2.28.